The summed E-state index contributed by atoms with van der Waals surface area (Å²) in [5.41, 5.74) is 5.16. The van der Waals surface area contributed by atoms with E-state index in [1.165, 1.54) is 12.8 Å². The van der Waals surface area contributed by atoms with Gasteiger partial charge < -0.3 is 14.6 Å². The number of pyridine rings is 1. The first-order chi connectivity index (χ1) is 15.6. The van der Waals surface area contributed by atoms with Crippen molar-refractivity contribution in [2.24, 2.45) is 0 Å². The minimum atomic E-state index is -0.0566. The van der Waals surface area contributed by atoms with Crippen LogP contribution in [0.1, 0.15) is 42.9 Å². The Morgan fingerprint density at radius 1 is 1.12 bits per heavy atom. The number of H-pyrrole nitrogens is 1. The van der Waals surface area contributed by atoms with Crippen molar-refractivity contribution in [3.63, 3.8) is 0 Å². The molecule has 0 unspecified atom stereocenters. The number of aryl methyl sites for hydroxylation is 1. The van der Waals surface area contributed by atoms with Crippen molar-refractivity contribution in [3.05, 3.63) is 46.4 Å². The first-order valence-electron chi connectivity index (χ1n) is 11.9. The highest BCUT2D eigenvalue weighted by Gasteiger charge is 2.34. The molecule has 3 aliphatic rings. The van der Waals surface area contributed by atoms with Crippen molar-refractivity contribution < 1.29 is 4.74 Å². The molecule has 1 aliphatic carbocycles. The van der Waals surface area contributed by atoms with Crippen LogP contribution < -0.4 is 5.56 Å². The van der Waals surface area contributed by atoms with Crippen LogP contribution >= 0.6 is 0 Å². The van der Waals surface area contributed by atoms with Crippen molar-refractivity contribution in [2.75, 3.05) is 39.4 Å². The SMILES string of the molecule is C=C(c1cc2c(cc1C)[nH]c(=O)c1cnn(C3CCCC3)c12)N1CC(N2CCOCC2)C1. The molecule has 7 heteroatoms. The number of hydrogen-bond donors (Lipinski definition) is 1. The number of benzene rings is 1. The van der Waals surface area contributed by atoms with Gasteiger partial charge in [0.2, 0.25) is 0 Å². The fourth-order valence-electron chi connectivity index (χ4n) is 5.75. The summed E-state index contributed by atoms with van der Waals surface area (Å²) >= 11 is 0. The highest BCUT2D eigenvalue weighted by atomic mass is 16.5. The van der Waals surface area contributed by atoms with Gasteiger partial charge in [-0.2, -0.15) is 5.10 Å². The van der Waals surface area contributed by atoms with Crippen molar-refractivity contribution in [1.82, 2.24) is 24.6 Å². The van der Waals surface area contributed by atoms with Crippen LogP contribution in [0.5, 0.6) is 0 Å². The van der Waals surface area contributed by atoms with E-state index in [4.69, 9.17) is 4.74 Å². The Morgan fingerprint density at radius 3 is 2.62 bits per heavy atom. The van der Waals surface area contributed by atoms with Gasteiger partial charge in [0.15, 0.2) is 0 Å². The van der Waals surface area contributed by atoms with Crippen LogP contribution in [0.4, 0.5) is 0 Å². The third-order valence-corrected chi connectivity index (χ3v) is 7.70. The Hall–Kier alpha value is -2.64. The largest absolute Gasteiger partial charge is 0.379 e. The lowest BCUT2D eigenvalue weighted by Crippen LogP contribution is -2.60. The summed E-state index contributed by atoms with van der Waals surface area (Å²) in [6, 6.07) is 5.29. The number of nitrogens with zero attached hydrogens (tertiary/aromatic N) is 4. The van der Waals surface area contributed by atoms with E-state index in [9.17, 15) is 4.79 Å². The molecule has 168 valence electrons. The molecule has 1 saturated carbocycles. The monoisotopic (exact) mass is 433 g/mol. The fourth-order valence-corrected chi connectivity index (χ4v) is 5.75. The fraction of sp³-hybridized carbons (Fsp3) is 0.520. The van der Waals surface area contributed by atoms with Gasteiger partial charge in [-0.15, -0.1) is 0 Å². The lowest BCUT2D eigenvalue weighted by atomic mass is 9.97. The Labute approximate surface area is 187 Å². The van der Waals surface area contributed by atoms with Gasteiger partial charge in [-0.25, -0.2) is 0 Å². The van der Waals surface area contributed by atoms with E-state index in [0.29, 0.717) is 17.5 Å². The number of ether oxygens (including phenoxy) is 1. The van der Waals surface area contributed by atoms with Crippen LogP contribution in [0.25, 0.3) is 27.5 Å². The molecule has 0 spiro atoms. The van der Waals surface area contributed by atoms with E-state index >= 15 is 0 Å². The summed E-state index contributed by atoms with van der Waals surface area (Å²) in [4.78, 5) is 20.8. The molecule has 6 rings (SSSR count). The molecule has 2 aliphatic heterocycles. The summed E-state index contributed by atoms with van der Waals surface area (Å²) in [7, 11) is 0. The standard InChI is InChI=1S/C25H31N5O2/c1-16-11-23-21(24-22(25(31)27-23)13-26-30(24)18-5-3-4-6-18)12-20(16)17(2)29-14-19(15-29)28-7-9-32-10-8-28/h11-13,18-19H,2-10,14-15H2,1H3,(H,27,31). The number of hydrogen-bond acceptors (Lipinski definition) is 5. The zero-order valence-electron chi connectivity index (χ0n) is 18.8. The number of morpholine rings is 1. The number of rotatable bonds is 4. The van der Waals surface area contributed by atoms with Crippen LogP contribution in [0.15, 0.2) is 29.7 Å². The van der Waals surface area contributed by atoms with Gasteiger partial charge in [-0.1, -0.05) is 19.4 Å². The molecule has 0 radical (unpaired) electrons. The van der Waals surface area contributed by atoms with Crippen LogP contribution in [0.2, 0.25) is 0 Å². The minimum absolute atomic E-state index is 0.0566. The van der Waals surface area contributed by atoms with E-state index in [1.807, 2.05) is 0 Å². The second-order valence-electron chi connectivity index (χ2n) is 9.61. The zero-order chi connectivity index (χ0) is 21.8. The van der Waals surface area contributed by atoms with Crippen molar-refractivity contribution in [2.45, 2.75) is 44.7 Å². The molecule has 3 aromatic rings. The van der Waals surface area contributed by atoms with Crippen LogP contribution in [-0.4, -0.2) is 70.0 Å². The van der Waals surface area contributed by atoms with Crippen LogP contribution in [0.3, 0.4) is 0 Å². The Balaban J connectivity index is 1.36. The molecular weight excluding hydrogens is 402 g/mol. The van der Waals surface area contributed by atoms with Gasteiger partial charge in [-0.3, -0.25) is 14.4 Å². The van der Waals surface area contributed by atoms with Gasteiger partial charge >= 0.3 is 0 Å². The third-order valence-electron chi connectivity index (χ3n) is 7.70. The molecule has 2 aromatic heterocycles. The number of nitrogens with one attached hydrogen (secondary N) is 1. The maximum Gasteiger partial charge on any atom is 0.259 e. The van der Waals surface area contributed by atoms with E-state index in [1.54, 1.807) is 6.20 Å². The highest BCUT2D eigenvalue weighted by Crippen LogP contribution is 2.35. The number of likely N-dealkylation sites (tertiary alicyclic amines) is 1. The maximum atomic E-state index is 12.8. The molecule has 32 heavy (non-hydrogen) atoms. The van der Waals surface area contributed by atoms with Crippen LogP contribution in [-0.2, 0) is 4.74 Å². The van der Waals surface area contributed by atoms with Gasteiger partial charge in [0, 0.05) is 48.9 Å². The number of aromatic nitrogens is 3. The normalized spacial score (nSPS) is 21.0. The second kappa shape index (κ2) is 7.74. The van der Waals surface area contributed by atoms with Crippen molar-refractivity contribution in [1.29, 1.82) is 0 Å². The first-order valence-corrected chi connectivity index (χ1v) is 11.9. The number of fused-ring (bicyclic) bond motifs is 3. The quantitative estimate of drug-likeness (QED) is 0.684. The summed E-state index contributed by atoms with van der Waals surface area (Å²) < 4.78 is 7.61. The Bertz CT molecular complexity index is 1240. The van der Waals surface area contributed by atoms with Gasteiger partial charge in [-0.05, 0) is 37.5 Å². The predicted molar refractivity (Wildman–Crippen MR) is 127 cm³/mol. The lowest BCUT2D eigenvalue weighted by molar-refractivity contribution is -0.0167. The van der Waals surface area contributed by atoms with E-state index in [0.717, 1.165) is 85.5 Å². The third kappa shape index (κ3) is 3.18. The highest BCUT2D eigenvalue weighted by molar-refractivity contribution is 6.04. The molecule has 1 aromatic carbocycles. The predicted octanol–water partition coefficient (Wildman–Crippen LogP) is 3.29. The average molecular weight is 434 g/mol. The van der Waals surface area contributed by atoms with Gasteiger partial charge in [0.1, 0.15) is 0 Å². The van der Waals surface area contributed by atoms with Crippen LogP contribution in [0, 0.1) is 6.92 Å². The van der Waals surface area contributed by atoms with Crippen molar-refractivity contribution in [3.8, 4) is 0 Å². The smallest absolute Gasteiger partial charge is 0.259 e. The Kier molecular flexibility index (Phi) is 4.84. The molecule has 0 bridgehead atoms. The summed E-state index contributed by atoms with van der Waals surface area (Å²) in [5.74, 6) is 0. The summed E-state index contributed by atoms with van der Waals surface area (Å²) in [6.07, 6.45) is 6.46. The minimum Gasteiger partial charge on any atom is -0.379 e. The molecule has 0 amide bonds. The van der Waals surface area contributed by atoms with E-state index in [-0.39, 0.29) is 5.56 Å². The summed E-state index contributed by atoms with van der Waals surface area (Å²) in [5, 5.41) is 6.40. The van der Waals surface area contributed by atoms with Gasteiger partial charge in [0.25, 0.3) is 5.56 Å². The lowest BCUT2D eigenvalue weighted by Gasteiger charge is -2.48. The average Bonchev–Trinajstić information content (AvgIpc) is 3.43. The molecule has 3 fully saturated rings. The molecule has 2 saturated heterocycles. The molecule has 4 heterocycles. The van der Waals surface area contributed by atoms with E-state index in [2.05, 4.69) is 50.2 Å². The zero-order valence-corrected chi connectivity index (χ0v) is 18.8. The van der Waals surface area contributed by atoms with E-state index < -0.39 is 0 Å². The molecular formula is C25H31N5O2. The first kappa shape index (κ1) is 20.0. The topological polar surface area (TPSA) is 66.4 Å². The van der Waals surface area contributed by atoms with Crippen molar-refractivity contribution >= 4 is 27.5 Å². The number of aromatic amines is 1. The van der Waals surface area contributed by atoms with Gasteiger partial charge in [0.05, 0.1) is 41.9 Å². The maximum absolute atomic E-state index is 12.8. The molecule has 7 nitrogen and oxygen atoms in total. The summed E-state index contributed by atoms with van der Waals surface area (Å²) in [6.45, 7) is 12.3. The second-order valence-corrected chi connectivity index (χ2v) is 9.61. The molecule has 1 N–H and O–H groups in total. The molecule has 0 atom stereocenters. The Morgan fingerprint density at radius 2 is 1.88 bits per heavy atom.